The van der Waals surface area contributed by atoms with E-state index >= 15 is 0 Å². The van der Waals surface area contributed by atoms with Gasteiger partial charge in [0.05, 0.1) is 25.7 Å². The van der Waals surface area contributed by atoms with Gasteiger partial charge >= 0.3 is 0 Å². The molecule has 3 aromatic rings. The zero-order valence-electron chi connectivity index (χ0n) is 20.5. The summed E-state index contributed by atoms with van der Waals surface area (Å²) in [7, 11) is 1.45. The van der Waals surface area contributed by atoms with Crippen molar-refractivity contribution in [1.29, 1.82) is 0 Å². The van der Waals surface area contributed by atoms with Crippen molar-refractivity contribution in [1.82, 2.24) is 0 Å². The number of phenolic OH excluding ortho intramolecular Hbond substituents is 1. The largest absolute Gasteiger partial charge is 0.507 e. The maximum atomic E-state index is 13.0. The lowest BCUT2D eigenvalue weighted by Gasteiger charge is -2.41. The number of aliphatic hydroxyl groups is 6. The van der Waals surface area contributed by atoms with Crippen LogP contribution in [0.1, 0.15) is 0 Å². The van der Waals surface area contributed by atoms with Gasteiger partial charge in [-0.1, -0.05) is 0 Å². The van der Waals surface area contributed by atoms with E-state index in [2.05, 4.69) is 0 Å². The summed E-state index contributed by atoms with van der Waals surface area (Å²) in [4.78, 5) is 13.0. The second kappa shape index (κ2) is 10.8. The van der Waals surface area contributed by atoms with Crippen molar-refractivity contribution in [2.75, 3.05) is 20.3 Å². The Morgan fingerprint density at radius 1 is 0.872 bits per heavy atom. The van der Waals surface area contributed by atoms with E-state index in [0.29, 0.717) is 5.75 Å². The second-order valence-electron chi connectivity index (χ2n) is 9.32. The Kier molecular flexibility index (Phi) is 7.65. The Balaban J connectivity index is 1.36. The third-order valence-corrected chi connectivity index (χ3v) is 6.73. The fourth-order valence-corrected chi connectivity index (χ4v) is 4.51. The molecule has 0 radical (unpaired) electrons. The number of hydrogen-bond donors (Lipinski definition) is 7. The fraction of sp³-hybridized carbons (Fsp3) is 0.480. The van der Waals surface area contributed by atoms with E-state index in [-0.39, 0.29) is 34.3 Å². The van der Waals surface area contributed by atoms with Crippen LogP contribution < -0.4 is 14.9 Å². The minimum Gasteiger partial charge on any atom is -0.507 e. The molecule has 1 aromatic heterocycles. The molecule has 0 bridgehead atoms. The van der Waals surface area contributed by atoms with Gasteiger partial charge in [-0.15, -0.1) is 0 Å². The quantitative estimate of drug-likeness (QED) is 0.170. The van der Waals surface area contributed by atoms with Crippen molar-refractivity contribution in [3.8, 4) is 17.2 Å². The van der Waals surface area contributed by atoms with Gasteiger partial charge < -0.3 is 63.8 Å². The molecule has 2 fully saturated rings. The van der Waals surface area contributed by atoms with E-state index in [0.717, 1.165) is 6.07 Å². The molecule has 2 aromatic carbocycles. The van der Waals surface area contributed by atoms with Gasteiger partial charge in [-0.2, -0.15) is 0 Å². The van der Waals surface area contributed by atoms with Crippen LogP contribution in [0.4, 0.5) is 0 Å². The summed E-state index contributed by atoms with van der Waals surface area (Å²) in [5.74, 6) is -0.142. The summed E-state index contributed by atoms with van der Waals surface area (Å²) in [6, 6.07) is 6.99. The Labute approximate surface area is 219 Å². The SMILES string of the molecule is COc1ccc2oc3cc(O[C@H]4O[C@H](CO[C@@H]5OC[C@@H](O)[C@H](O)[C@H]5O)[C@@H](O)[C@H](O)[C@H]4O)cc(O)c3c(=O)c2c1. The van der Waals surface area contributed by atoms with E-state index in [1.54, 1.807) is 6.07 Å². The highest BCUT2D eigenvalue weighted by Gasteiger charge is 2.46. The number of methoxy groups -OCH3 is 1. The Hall–Kier alpha value is -3.05. The molecular weight excluding hydrogens is 524 g/mol. The zero-order chi connectivity index (χ0) is 28.0. The van der Waals surface area contributed by atoms with Gasteiger partial charge in [0, 0.05) is 12.1 Å². The molecule has 0 saturated carbocycles. The average Bonchev–Trinajstić information content (AvgIpc) is 2.92. The van der Waals surface area contributed by atoms with Gasteiger partial charge in [-0.3, -0.25) is 4.79 Å². The molecule has 3 heterocycles. The van der Waals surface area contributed by atoms with Crippen molar-refractivity contribution in [2.45, 2.75) is 55.3 Å². The summed E-state index contributed by atoms with van der Waals surface area (Å²) in [6.45, 7) is -0.781. The van der Waals surface area contributed by atoms with Crippen LogP contribution in [0.2, 0.25) is 0 Å². The molecule has 0 aliphatic carbocycles. The van der Waals surface area contributed by atoms with Crippen LogP contribution in [-0.4, -0.2) is 111 Å². The standard InChI is InChI=1S/C25H28O14/c1-34-9-2-3-14-11(4-9)18(28)17-12(26)5-10(6-15(17)38-14)37-25-23(33)21(31)20(30)16(39-25)8-36-24-22(32)19(29)13(27)7-35-24/h2-6,13,16,19-27,29-33H,7-8H2,1H3/t13-,16-,19+,20-,21+,22-,23-,24+,25+/m1/s1. The molecule has 0 spiro atoms. The van der Waals surface area contributed by atoms with Crippen LogP contribution in [0.25, 0.3) is 21.9 Å². The highest BCUT2D eigenvalue weighted by atomic mass is 16.7. The first-order chi connectivity index (χ1) is 18.6. The summed E-state index contributed by atoms with van der Waals surface area (Å²) in [6.07, 6.45) is -13.8. The molecule has 14 nitrogen and oxygen atoms in total. The average molecular weight is 552 g/mol. The van der Waals surface area contributed by atoms with Gasteiger partial charge in [0.15, 0.2) is 6.29 Å². The number of fused-ring (bicyclic) bond motifs is 2. The first kappa shape index (κ1) is 27.5. The Morgan fingerprint density at radius 3 is 2.36 bits per heavy atom. The predicted octanol–water partition coefficient (Wildman–Crippen LogP) is -1.70. The molecule has 0 unspecified atom stereocenters. The van der Waals surface area contributed by atoms with Crippen LogP contribution >= 0.6 is 0 Å². The fourth-order valence-electron chi connectivity index (χ4n) is 4.51. The van der Waals surface area contributed by atoms with Crippen LogP contribution in [0.15, 0.2) is 39.5 Å². The number of aromatic hydroxyl groups is 1. The molecule has 2 aliphatic heterocycles. The Morgan fingerprint density at radius 2 is 1.62 bits per heavy atom. The molecule has 9 atom stereocenters. The van der Waals surface area contributed by atoms with Crippen LogP contribution in [0.3, 0.4) is 0 Å². The van der Waals surface area contributed by atoms with E-state index in [1.165, 1.54) is 25.3 Å². The minimum atomic E-state index is -1.74. The second-order valence-corrected chi connectivity index (χ2v) is 9.32. The van der Waals surface area contributed by atoms with Gasteiger partial charge in [-0.25, -0.2) is 0 Å². The first-order valence-corrected chi connectivity index (χ1v) is 12.0. The maximum absolute atomic E-state index is 13.0. The highest BCUT2D eigenvalue weighted by molar-refractivity contribution is 5.94. The van der Waals surface area contributed by atoms with Gasteiger partial charge in [0.25, 0.3) is 0 Å². The zero-order valence-corrected chi connectivity index (χ0v) is 20.5. The smallest absolute Gasteiger partial charge is 0.229 e. The van der Waals surface area contributed by atoms with Gasteiger partial charge in [0.2, 0.25) is 11.7 Å². The molecular formula is C25H28O14. The third kappa shape index (κ3) is 5.14. The Bertz CT molecular complexity index is 1390. The lowest BCUT2D eigenvalue weighted by atomic mass is 9.99. The normalized spacial score (nSPS) is 33.4. The van der Waals surface area contributed by atoms with Crippen molar-refractivity contribution in [3.05, 3.63) is 40.6 Å². The summed E-state index contributed by atoms with van der Waals surface area (Å²) < 4.78 is 32.7. The van der Waals surface area contributed by atoms with Crippen LogP contribution in [0.5, 0.6) is 17.2 Å². The van der Waals surface area contributed by atoms with Gasteiger partial charge in [0.1, 0.15) is 76.5 Å². The van der Waals surface area contributed by atoms with Crippen LogP contribution in [0, 0.1) is 0 Å². The maximum Gasteiger partial charge on any atom is 0.229 e. The highest BCUT2D eigenvalue weighted by Crippen LogP contribution is 2.33. The van der Waals surface area contributed by atoms with E-state index < -0.39 is 73.1 Å². The summed E-state index contributed by atoms with van der Waals surface area (Å²) >= 11 is 0. The number of hydrogen-bond acceptors (Lipinski definition) is 14. The molecule has 212 valence electrons. The van der Waals surface area contributed by atoms with E-state index in [4.69, 9.17) is 28.1 Å². The minimum absolute atomic E-state index is 0.0254. The number of rotatable bonds is 6. The number of aliphatic hydroxyl groups excluding tert-OH is 6. The monoisotopic (exact) mass is 552 g/mol. The van der Waals surface area contributed by atoms with E-state index in [1.807, 2.05) is 0 Å². The molecule has 2 aliphatic rings. The van der Waals surface area contributed by atoms with Crippen molar-refractivity contribution >= 4 is 21.9 Å². The number of ether oxygens (including phenoxy) is 5. The molecule has 2 saturated heterocycles. The summed E-state index contributed by atoms with van der Waals surface area (Å²) in [5, 5.41) is 71.2. The first-order valence-electron chi connectivity index (χ1n) is 12.0. The predicted molar refractivity (Wildman–Crippen MR) is 129 cm³/mol. The van der Waals surface area contributed by atoms with Crippen molar-refractivity contribution in [3.63, 3.8) is 0 Å². The van der Waals surface area contributed by atoms with Crippen LogP contribution in [-0.2, 0) is 14.2 Å². The summed E-state index contributed by atoms with van der Waals surface area (Å²) in [5.41, 5.74) is -0.314. The van der Waals surface area contributed by atoms with Crippen molar-refractivity contribution in [2.24, 2.45) is 0 Å². The lowest BCUT2D eigenvalue weighted by Crippen LogP contribution is -2.61. The number of benzene rings is 2. The van der Waals surface area contributed by atoms with Crippen molar-refractivity contribution < 1.29 is 63.8 Å². The van der Waals surface area contributed by atoms with Gasteiger partial charge in [-0.05, 0) is 18.2 Å². The molecule has 5 rings (SSSR count). The third-order valence-electron chi connectivity index (χ3n) is 6.73. The number of phenols is 1. The lowest BCUT2D eigenvalue weighted by molar-refractivity contribution is -0.307. The molecule has 14 heteroatoms. The van der Waals surface area contributed by atoms with E-state index in [9.17, 15) is 40.5 Å². The molecule has 39 heavy (non-hydrogen) atoms. The molecule has 7 N–H and O–H groups in total. The molecule has 0 amide bonds. The topological polar surface area (TPSA) is 218 Å².